The maximum Gasteiger partial charge on any atom is 0.137 e. The van der Waals surface area contributed by atoms with Gasteiger partial charge in [-0.2, -0.15) is 11.8 Å². The Bertz CT molecular complexity index is 202. The van der Waals surface area contributed by atoms with Crippen LogP contribution in [-0.2, 0) is 4.79 Å². The summed E-state index contributed by atoms with van der Waals surface area (Å²) in [4.78, 5) is 11.8. The Balaban J connectivity index is 1.84. The fourth-order valence-corrected chi connectivity index (χ4v) is 3.43. The third-order valence-electron chi connectivity index (χ3n) is 3.70. The molecule has 0 aromatic rings. The van der Waals surface area contributed by atoms with Gasteiger partial charge >= 0.3 is 0 Å². The lowest BCUT2D eigenvalue weighted by Crippen LogP contribution is -2.21. The van der Waals surface area contributed by atoms with Crippen molar-refractivity contribution in [3.05, 3.63) is 0 Å². The van der Waals surface area contributed by atoms with Crippen LogP contribution in [0, 0.1) is 17.8 Å². The minimum Gasteiger partial charge on any atom is -0.299 e. The van der Waals surface area contributed by atoms with Gasteiger partial charge in [0, 0.05) is 12.3 Å². The first kappa shape index (κ1) is 9.57. The van der Waals surface area contributed by atoms with Gasteiger partial charge in [0.25, 0.3) is 0 Å². The van der Waals surface area contributed by atoms with E-state index in [1.807, 2.05) is 0 Å². The molecule has 0 aliphatic heterocycles. The van der Waals surface area contributed by atoms with E-state index in [0.717, 1.165) is 24.0 Å². The number of hydrogen-bond donors (Lipinski definition) is 0. The Labute approximate surface area is 84.7 Å². The summed E-state index contributed by atoms with van der Waals surface area (Å²) in [5.74, 6) is 3.73. The number of rotatable bonds is 4. The Morgan fingerprint density at radius 3 is 2.77 bits per heavy atom. The molecule has 2 aliphatic carbocycles. The van der Waals surface area contributed by atoms with E-state index in [1.54, 1.807) is 11.8 Å². The Morgan fingerprint density at radius 1 is 1.38 bits per heavy atom. The van der Waals surface area contributed by atoms with Crippen molar-refractivity contribution in [1.29, 1.82) is 0 Å². The Kier molecular flexibility index (Phi) is 2.97. The van der Waals surface area contributed by atoms with E-state index in [9.17, 15) is 4.79 Å². The van der Waals surface area contributed by atoms with Crippen molar-refractivity contribution in [1.82, 2.24) is 0 Å². The zero-order valence-corrected chi connectivity index (χ0v) is 9.11. The summed E-state index contributed by atoms with van der Waals surface area (Å²) in [6.45, 7) is 0. The summed E-state index contributed by atoms with van der Waals surface area (Å²) in [6, 6.07) is 0. The monoisotopic (exact) mass is 198 g/mol. The van der Waals surface area contributed by atoms with Crippen molar-refractivity contribution in [2.24, 2.45) is 17.8 Å². The van der Waals surface area contributed by atoms with Crippen molar-refractivity contribution in [3.8, 4) is 0 Å². The molecule has 3 atom stereocenters. The molecular weight excluding hydrogens is 180 g/mol. The highest BCUT2D eigenvalue weighted by molar-refractivity contribution is 7.98. The van der Waals surface area contributed by atoms with E-state index in [0.29, 0.717) is 11.7 Å². The molecule has 0 aromatic carbocycles. The number of hydrogen-bond acceptors (Lipinski definition) is 2. The van der Waals surface area contributed by atoms with Gasteiger partial charge in [0.2, 0.25) is 0 Å². The molecule has 0 saturated heterocycles. The predicted molar refractivity (Wildman–Crippen MR) is 56.9 cm³/mol. The zero-order chi connectivity index (χ0) is 9.26. The first-order valence-electron chi connectivity index (χ1n) is 5.33. The third-order valence-corrected chi connectivity index (χ3v) is 4.32. The van der Waals surface area contributed by atoms with E-state index >= 15 is 0 Å². The first-order valence-corrected chi connectivity index (χ1v) is 6.72. The maximum absolute atomic E-state index is 11.8. The zero-order valence-electron chi connectivity index (χ0n) is 8.29. The minimum atomic E-state index is 0.464. The van der Waals surface area contributed by atoms with E-state index in [-0.39, 0.29) is 0 Å². The number of thioether (sulfide) groups is 1. The van der Waals surface area contributed by atoms with Gasteiger partial charge in [0.1, 0.15) is 5.78 Å². The third kappa shape index (κ3) is 1.93. The molecular formula is C11H18OS. The average Bonchev–Trinajstić information content (AvgIpc) is 2.74. The highest BCUT2D eigenvalue weighted by Crippen LogP contribution is 2.48. The van der Waals surface area contributed by atoms with Crippen LogP contribution in [0.15, 0.2) is 0 Å². The molecule has 1 nitrogen and oxygen atoms in total. The van der Waals surface area contributed by atoms with Crippen LogP contribution in [0.1, 0.15) is 32.1 Å². The van der Waals surface area contributed by atoms with Crippen LogP contribution >= 0.6 is 11.8 Å². The van der Waals surface area contributed by atoms with Crippen molar-refractivity contribution >= 4 is 17.5 Å². The molecule has 2 bridgehead atoms. The molecule has 0 aromatic heterocycles. The van der Waals surface area contributed by atoms with Crippen molar-refractivity contribution in [3.63, 3.8) is 0 Å². The highest BCUT2D eigenvalue weighted by Gasteiger charge is 2.42. The van der Waals surface area contributed by atoms with Crippen LogP contribution in [0.2, 0.25) is 0 Å². The van der Waals surface area contributed by atoms with Gasteiger partial charge in [-0.25, -0.2) is 0 Å². The second-order valence-corrected chi connectivity index (χ2v) is 5.48. The SMILES string of the molecule is CSCCC(=O)C1CC2CCC1C2. The molecule has 0 spiro atoms. The van der Waals surface area contributed by atoms with Gasteiger partial charge in [-0.3, -0.25) is 4.79 Å². The van der Waals surface area contributed by atoms with Crippen LogP contribution in [0.4, 0.5) is 0 Å². The number of Topliss-reactive ketones (excluding diaryl/α,β-unsaturated/α-hetero) is 1. The van der Waals surface area contributed by atoms with Gasteiger partial charge in [-0.1, -0.05) is 6.42 Å². The normalized spacial score (nSPS) is 36.8. The maximum atomic E-state index is 11.8. The highest BCUT2D eigenvalue weighted by atomic mass is 32.2. The molecule has 2 saturated carbocycles. The molecule has 0 N–H and O–H groups in total. The average molecular weight is 198 g/mol. The fourth-order valence-electron chi connectivity index (χ4n) is 3.03. The van der Waals surface area contributed by atoms with Crippen molar-refractivity contribution in [2.45, 2.75) is 32.1 Å². The van der Waals surface area contributed by atoms with Crippen molar-refractivity contribution in [2.75, 3.05) is 12.0 Å². The molecule has 2 heteroatoms. The molecule has 74 valence electrons. The largest absolute Gasteiger partial charge is 0.299 e. The molecule has 2 rings (SSSR count). The van der Waals surface area contributed by atoms with E-state index in [1.165, 1.54) is 25.7 Å². The summed E-state index contributed by atoms with van der Waals surface area (Å²) < 4.78 is 0. The van der Waals surface area contributed by atoms with Gasteiger partial charge in [-0.15, -0.1) is 0 Å². The lowest BCUT2D eigenvalue weighted by Gasteiger charge is -2.19. The van der Waals surface area contributed by atoms with E-state index in [4.69, 9.17) is 0 Å². The lowest BCUT2D eigenvalue weighted by atomic mass is 9.85. The number of carbonyl (C=O) groups excluding carboxylic acids is 1. The summed E-state index contributed by atoms with van der Waals surface area (Å²) in [5.41, 5.74) is 0. The second-order valence-electron chi connectivity index (χ2n) is 4.49. The Hall–Kier alpha value is 0.0200. The van der Waals surface area contributed by atoms with Gasteiger partial charge in [0.15, 0.2) is 0 Å². The second kappa shape index (κ2) is 4.04. The smallest absolute Gasteiger partial charge is 0.137 e. The quantitative estimate of drug-likeness (QED) is 0.691. The van der Waals surface area contributed by atoms with Crippen LogP contribution in [0.3, 0.4) is 0 Å². The van der Waals surface area contributed by atoms with E-state index in [2.05, 4.69) is 6.26 Å². The Morgan fingerprint density at radius 2 is 2.23 bits per heavy atom. The fraction of sp³-hybridized carbons (Fsp3) is 0.909. The summed E-state index contributed by atoms with van der Waals surface area (Å²) in [7, 11) is 0. The molecule has 13 heavy (non-hydrogen) atoms. The summed E-state index contributed by atoms with van der Waals surface area (Å²) in [6.07, 6.45) is 8.20. The van der Waals surface area contributed by atoms with Crippen molar-refractivity contribution < 1.29 is 4.79 Å². The molecule has 0 heterocycles. The van der Waals surface area contributed by atoms with Crippen LogP contribution < -0.4 is 0 Å². The van der Waals surface area contributed by atoms with Crippen LogP contribution in [0.5, 0.6) is 0 Å². The van der Waals surface area contributed by atoms with E-state index < -0.39 is 0 Å². The molecule has 0 amide bonds. The standard InChI is InChI=1S/C11H18OS/c1-13-5-4-11(12)10-7-8-2-3-9(10)6-8/h8-10H,2-7H2,1H3. The molecule has 2 fully saturated rings. The summed E-state index contributed by atoms with van der Waals surface area (Å²) in [5, 5.41) is 0. The lowest BCUT2D eigenvalue weighted by molar-refractivity contribution is -0.123. The number of ketones is 1. The van der Waals surface area contributed by atoms with Gasteiger partial charge in [0.05, 0.1) is 0 Å². The predicted octanol–water partition coefficient (Wildman–Crippen LogP) is 2.74. The molecule has 0 radical (unpaired) electrons. The number of fused-ring (bicyclic) bond motifs is 2. The van der Waals surface area contributed by atoms with Crippen LogP contribution in [-0.4, -0.2) is 17.8 Å². The van der Waals surface area contributed by atoms with Gasteiger partial charge in [-0.05, 0) is 43.1 Å². The minimum absolute atomic E-state index is 0.464. The molecule has 2 aliphatic rings. The topological polar surface area (TPSA) is 17.1 Å². The van der Waals surface area contributed by atoms with Crippen LogP contribution in [0.25, 0.3) is 0 Å². The number of carbonyl (C=O) groups is 1. The molecule has 3 unspecified atom stereocenters. The summed E-state index contributed by atoms with van der Waals surface area (Å²) >= 11 is 1.79. The van der Waals surface area contributed by atoms with Gasteiger partial charge < -0.3 is 0 Å². The first-order chi connectivity index (χ1) is 6.31.